The third-order valence-electron chi connectivity index (χ3n) is 11.6. The van der Waals surface area contributed by atoms with Gasteiger partial charge in [0.2, 0.25) is 17.7 Å². The Bertz CT molecular complexity index is 2030. The van der Waals surface area contributed by atoms with Crippen molar-refractivity contribution in [2.24, 2.45) is 23.7 Å². The molecule has 296 valence electrons. The number of nitrogens with one attached hydrogen (secondary N) is 5. The summed E-state index contributed by atoms with van der Waals surface area (Å²) in [5.74, 6) is 0.366. The Balaban J connectivity index is 0.986. The van der Waals surface area contributed by atoms with Crippen molar-refractivity contribution >= 4 is 23.8 Å². The van der Waals surface area contributed by atoms with Crippen LogP contribution >= 0.6 is 0 Å². The van der Waals surface area contributed by atoms with E-state index in [4.69, 9.17) is 9.72 Å². The van der Waals surface area contributed by atoms with Gasteiger partial charge in [0.1, 0.15) is 17.7 Å². The summed E-state index contributed by atoms with van der Waals surface area (Å²) in [6, 6.07) is 15.4. The summed E-state index contributed by atoms with van der Waals surface area (Å²) in [6.07, 6.45) is 4.77. The van der Waals surface area contributed by atoms with E-state index >= 15 is 0 Å². The van der Waals surface area contributed by atoms with Crippen LogP contribution in [0.4, 0.5) is 13.6 Å². The van der Waals surface area contributed by atoms with Crippen LogP contribution in [-0.4, -0.2) is 87.9 Å². The third kappa shape index (κ3) is 8.17. The van der Waals surface area contributed by atoms with Crippen LogP contribution in [0.2, 0.25) is 0 Å². The minimum Gasteiger partial charge on any atom is -0.453 e. The van der Waals surface area contributed by atoms with Crippen LogP contribution in [0.3, 0.4) is 0 Å². The maximum Gasteiger partial charge on any atom is 0.407 e. The molecule has 2 aliphatic carbocycles. The number of imidazole rings is 2. The Morgan fingerprint density at radius 1 is 0.839 bits per heavy atom. The van der Waals surface area contributed by atoms with Crippen LogP contribution in [-0.2, 0) is 19.1 Å². The Morgan fingerprint density at radius 2 is 1.43 bits per heavy atom. The van der Waals surface area contributed by atoms with Crippen molar-refractivity contribution < 1.29 is 32.7 Å². The highest BCUT2D eigenvalue weighted by atomic mass is 19.3. The first kappa shape index (κ1) is 38.7. The molecule has 13 nitrogen and oxygen atoms in total. The number of nitrogens with zero attached hydrogens (tertiary/aromatic N) is 3. The number of rotatable bonds is 13. The molecule has 2 aromatic heterocycles. The van der Waals surface area contributed by atoms with Crippen LogP contribution in [0, 0.1) is 23.7 Å². The summed E-state index contributed by atoms with van der Waals surface area (Å²) in [5.41, 5.74) is 5.67. The predicted molar refractivity (Wildman–Crippen MR) is 204 cm³/mol. The number of alkyl halides is 2. The van der Waals surface area contributed by atoms with E-state index in [2.05, 4.69) is 55.2 Å². The van der Waals surface area contributed by atoms with Crippen LogP contribution in [0.5, 0.6) is 0 Å². The predicted octanol–water partition coefficient (Wildman–Crippen LogP) is 5.81. The Labute approximate surface area is 323 Å². The molecule has 3 fully saturated rings. The van der Waals surface area contributed by atoms with Gasteiger partial charge in [0.15, 0.2) is 0 Å². The molecule has 2 saturated carbocycles. The quantitative estimate of drug-likeness (QED) is 0.114. The van der Waals surface area contributed by atoms with Crippen molar-refractivity contribution in [3.63, 3.8) is 0 Å². The van der Waals surface area contributed by atoms with Crippen LogP contribution in [0.15, 0.2) is 60.9 Å². The van der Waals surface area contributed by atoms with E-state index in [9.17, 15) is 28.0 Å². The first-order chi connectivity index (χ1) is 27.0. The number of aromatic nitrogens is 4. The minimum absolute atomic E-state index is 0.109. The molecule has 0 spiro atoms. The lowest BCUT2D eigenvalue weighted by molar-refractivity contribution is -0.135. The van der Waals surface area contributed by atoms with Crippen molar-refractivity contribution in [3.05, 3.63) is 72.6 Å². The molecule has 15 heteroatoms. The zero-order valence-electron chi connectivity index (χ0n) is 31.7. The van der Waals surface area contributed by atoms with Crippen molar-refractivity contribution in [1.82, 2.24) is 40.8 Å². The molecule has 6 atom stereocenters. The molecule has 7 rings (SSSR count). The van der Waals surface area contributed by atoms with E-state index in [1.807, 2.05) is 38.1 Å². The van der Waals surface area contributed by atoms with Crippen LogP contribution in [0.25, 0.3) is 33.6 Å². The normalized spacial score (nSPS) is 22.1. The van der Waals surface area contributed by atoms with E-state index in [-0.39, 0.29) is 48.1 Å². The Morgan fingerprint density at radius 3 is 2.04 bits per heavy atom. The van der Waals surface area contributed by atoms with Gasteiger partial charge < -0.3 is 35.6 Å². The third-order valence-corrected chi connectivity index (χ3v) is 11.6. The molecule has 2 aromatic carbocycles. The van der Waals surface area contributed by atoms with Gasteiger partial charge >= 0.3 is 6.09 Å². The monoisotopic (exact) mass is 770 g/mol. The second-order valence-electron chi connectivity index (χ2n) is 15.4. The zero-order valence-corrected chi connectivity index (χ0v) is 31.7. The number of aromatic amines is 2. The maximum absolute atomic E-state index is 13.5. The number of benzene rings is 2. The lowest BCUT2D eigenvalue weighted by Gasteiger charge is -2.30. The standard InChI is InChI=1S/C41H48F2N8O5/c1-22(2)36(50-41(55)56-3)40(54)51-16-4-5-31(51)37-45-18-29(48-37)25-10-6-23(7-11-25)24-8-12-26(13-9-24)30-19-46-38(49-30)34-27-14-15-28(17-27)35(34)39(53)47-21-33(52)44-20-32(42)43/h6-13,18-19,22,27-28,31-32,34-36H,4-5,14-17,20-21H2,1-3H3,(H,44,52)(H,45,48)(H,46,49)(H,47,53)(H,50,55)/t27?,28?,31-,34+,35?,36-/m0/s1. The fourth-order valence-corrected chi connectivity index (χ4v) is 8.78. The number of likely N-dealkylation sites (tertiary alicyclic amines) is 1. The number of carbonyl (C=O) groups excluding carboxylic acids is 4. The summed E-state index contributed by atoms with van der Waals surface area (Å²) in [4.78, 5) is 68.7. The molecule has 1 aliphatic heterocycles. The SMILES string of the molecule is COC(=O)N[C@H](C(=O)N1CCC[C@H]1c1ncc(-c2ccc(-c3ccc(-c4cnc([C@@H]5C6CCC(C6)C5C(=O)NCC(=O)NCC(F)F)[nH]4)cc3)cc2)[nH]1)C(C)C. The number of ether oxygens (including phenoxy) is 1. The average Bonchev–Trinajstić information content (AvgIpc) is 4.06. The molecule has 2 bridgehead atoms. The summed E-state index contributed by atoms with van der Waals surface area (Å²) >= 11 is 0. The summed E-state index contributed by atoms with van der Waals surface area (Å²) in [5, 5.41) is 7.48. The molecular formula is C41H48F2N8O5. The van der Waals surface area contributed by atoms with Crippen molar-refractivity contribution in [3.8, 4) is 33.6 Å². The van der Waals surface area contributed by atoms with Crippen molar-refractivity contribution in [2.75, 3.05) is 26.7 Å². The van der Waals surface area contributed by atoms with Gasteiger partial charge in [-0.2, -0.15) is 0 Å². The average molecular weight is 771 g/mol. The Kier molecular flexibility index (Phi) is 11.5. The second-order valence-corrected chi connectivity index (χ2v) is 15.4. The number of halogens is 2. The molecule has 56 heavy (non-hydrogen) atoms. The van der Waals surface area contributed by atoms with E-state index in [0.717, 1.165) is 71.6 Å². The van der Waals surface area contributed by atoms with E-state index in [1.54, 1.807) is 17.3 Å². The number of methoxy groups -OCH3 is 1. The maximum atomic E-state index is 13.5. The van der Waals surface area contributed by atoms with Gasteiger partial charge in [0.05, 0.1) is 55.9 Å². The Hall–Kier alpha value is -5.60. The molecule has 3 heterocycles. The first-order valence-electron chi connectivity index (χ1n) is 19.3. The van der Waals surface area contributed by atoms with Gasteiger partial charge in [-0.1, -0.05) is 62.4 Å². The highest BCUT2D eigenvalue weighted by Gasteiger charge is 2.52. The van der Waals surface area contributed by atoms with Crippen LogP contribution < -0.4 is 16.0 Å². The molecule has 3 aliphatic rings. The van der Waals surface area contributed by atoms with Gasteiger partial charge in [-0.25, -0.2) is 23.5 Å². The molecule has 0 radical (unpaired) electrons. The topological polar surface area (TPSA) is 174 Å². The van der Waals surface area contributed by atoms with Crippen molar-refractivity contribution in [2.45, 2.75) is 70.4 Å². The second kappa shape index (κ2) is 16.6. The smallest absolute Gasteiger partial charge is 0.407 e. The molecule has 5 N–H and O–H groups in total. The molecule has 1 saturated heterocycles. The van der Waals surface area contributed by atoms with Crippen molar-refractivity contribution in [1.29, 1.82) is 0 Å². The highest BCUT2D eigenvalue weighted by molar-refractivity contribution is 5.87. The van der Waals surface area contributed by atoms with Crippen LogP contribution in [0.1, 0.15) is 69.6 Å². The molecule has 3 unspecified atom stereocenters. The van der Waals surface area contributed by atoms with Gasteiger partial charge in [0, 0.05) is 12.5 Å². The molecule has 4 amide bonds. The molecule has 4 aromatic rings. The summed E-state index contributed by atoms with van der Waals surface area (Å²) < 4.78 is 29.7. The first-order valence-corrected chi connectivity index (χ1v) is 19.3. The zero-order chi connectivity index (χ0) is 39.5. The number of amides is 4. The van der Waals surface area contributed by atoms with Gasteiger partial charge in [-0.3, -0.25) is 14.4 Å². The number of hydrogen-bond donors (Lipinski definition) is 5. The van der Waals surface area contributed by atoms with E-state index in [1.165, 1.54) is 7.11 Å². The number of H-pyrrole nitrogens is 2. The number of carbonyl (C=O) groups is 4. The highest BCUT2D eigenvalue weighted by Crippen LogP contribution is 2.56. The van der Waals surface area contributed by atoms with Gasteiger partial charge in [-0.05, 0) is 72.1 Å². The van der Waals surface area contributed by atoms with E-state index < -0.39 is 31.0 Å². The van der Waals surface area contributed by atoms with Gasteiger partial charge in [0.25, 0.3) is 6.43 Å². The fourth-order valence-electron chi connectivity index (χ4n) is 8.78. The summed E-state index contributed by atoms with van der Waals surface area (Å²) in [6.45, 7) is 3.29. The largest absolute Gasteiger partial charge is 0.453 e. The number of alkyl carbamates (subject to hydrolysis) is 1. The number of fused-ring (bicyclic) bond motifs is 2. The minimum atomic E-state index is -2.65. The lowest BCUT2D eigenvalue weighted by atomic mass is 9.78. The van der Waals surface area contributed by atoms with Gasteiger partial charge in [-0.15, -0.1) is 0 Å². The number of hydrogen-bond acceptors (Lipinski definition) is 7. The summed E-state index contributed by atoms with van der Waals surface area (Å²) in [7, 11) is 1.28. The lowest BCUT2D eigenvalue weighted by Crippen LogP contribution is -2.51. The van der Waals surface area contributed by atoms with E-state index in [0.29, 0.717) is 18.3 Å². The fraction of sp³-hybridized carbons (Fsp3) is 0.463. The molecular weight excluding hydrogens is 722 g/mol.